The summed E-state index contributed by atoms with van der Waals surface area (Å²) in [5.41, 5.74) is 0. The molecule has 1 heterocycles. The highest BCUT2D eigenvalue weighted by Gasteiger charge is 2.12. The first-order chi connectivity index (χ1) is 11.4. The second-order valence-electron chi connectivity index (χ2n) is 6.34. The molecule has 0 saturated carbocycles. The lowest BCUT2D eigenvalue weighted by atomic mass is 10.1. The largest absolute Gasteiger partial charge is 0.473 e. The molecule has 0 spiro atoms. The van der Waals surface area contributed by atoms with Crippen LogP contribution in [0.4, 0.5) is 0 Å². The van der Waals surface area contributed by atoms with Crippen LogP contribution in [-0.2, 0) is 9.47 Å². The maximum atomic E-state index is 5.51. The van der Waals surface area contributed by atoms with Gasteiger partial charge in [-0.1, -0.05) is 76.2 Å². The molecule has 0 amide bonds. The zero-order valence-electron chi connectivity index (χ0n) is 15.1. The summed E-state index contributed by atoms with van der Waals surface area (Å²) in [7, 11) is 0. The van der Waals surface area contributed by atoms with Gasteiger partial charge in [0.2, 0.25) is 0 Å². The third kappa shape index (κ3) is 13.1. The second kappa shape index (κ2) is 15.9. The van der Waals surface area contributed by atoms with Gasteiger partial charge in [-0.2, -0.15) is 0 Å². The van der Waals surface area contributed by atoms with Crippen molar-refractivity contribution in [3.05, 3.63) is 36.6 Å². The molecule has 1 saturated heterocycles. The molecule has 0 aromatic rings. The van der Waals surface area contributed by atoms with E-state index in [1.54, 1.807) is 6.26 Å². The third-order valence-electron chi connectivity index (χ3n) is 4.14. The van der Waals surface area contributed by atoms with E-state index in [0.29, 0.717) is 0 Å². The Hall–Kier alpha value is -1.02. The molecule has 132 valence electrons. The van der Waals surface area contributed by atoms with Gasteiger partial charge in [0.15, 0.2) is 6.29 Å². The minimum atomic E-state index is -0.0362. The minimum Gasteiger partial charge on any atom is -0.473 e. The Morgan fingerprint density at radius 2 is 1.61 bits per heavy atom. The van der Waals surface area contributed by atoms with Gasteiger partial charge in [0.25, 0.3) is 0 Å². The van der Waals surface area contributed by atoms with Crippen LogP contribution in [0.1, 0.15) is 84.0 Å². The van der Waals surface area contributed by atoms with E-state index in [4.69, 9.17) is 9.47 Å². The standard InChI is InChI=1S/C21H36O2/c1-2-3-4-5-6-7-8-9-10-11-12-13-14-16-19-22-21-18-15-17-20-23-21/h11-14,16,19,21H,2-10,15,17-18,20H2,1H3/b12-11+,14-13+,19-16+. The van der Waals surface area contributed by atoms with Crippen LogP contribution in [0.2, 0.25) is 0 Å². The number of hydrogen-bond acceptors (Lipinski definition) is 2. The fourth-order valence-corrected chi connectivity index (χ4v) is 2.70. The summed E-state index contributed by atoms with van der Waals surface area (Å²) in [4.78, 5) is 0. The monoisotopic (exact) mass is 320 g/mol. The lowest BCUT2D eigenvalue weighted by Gasteiger charge is -2.21. The van der Waals surface area contributed by atoms with E-state index in [0.717, 1.165) is 19.4 Å². The predicted octanol–water partition coefficient (Wildman–Crippen LogP) is 6.69. The zero-order chi connectivity index (χ0) is 16.4. The zero-order valence-corrected chi connectivity index (χ0v) is 15.1. The molecule has 1 rings (SSSR count). The van der Waals surface area contributed by atoms with Gasteiger partial charge in [-0.15, -0.1) is 0 Å². The Morgan fingerprint density at radius 1 is 0.870 bits per heavy atom. The summed E-state index contributed by atoms with van der Waals surface area (Å²) >= 11 is 0. The molecule has 1 fully saturated rings. The van der Waals surface area contributed by atoms with Crippen LogP contribution in [0.15, 0.2) is 36.6 Å². The van der Waals surface area contributed by atoms with Gasteiger partial charge in [-0.3, -0.25) is 0 Å². The van der Waals surface area contributed by atoms with Crippen molar-refractivity contribution in [3.8, 4) is 0 Å². The lowest BCUT2D eigenvalue weighted by molar-refractivity contribution is -0.129. The number of rotatable bonds is 13. The van der Waals surface area contributed by atoms with Crippen LogP contribution in [0.25, 0.3) is 0 Å². The molecule has 0 aliphatic carbocycles. The Balaban J connectivity index is 1.87. The summed E-state index contributed by atoms with van der Waals surface area (Å²) < 4.78 is 11.0. The van der Waals surface area contributed by atoms with Crippen molar-refractivity contribution < 1.29 is 9.47 Å². The second-order valence-corrected chi connectivity index (χ2v) is 6.34. The van der Waals surface area contributed by atoms with Crippen LogP contribution >= 0.6 is 0 Å². The molecular weight excluding hydrogens is 284 g/mol. The van der Waals surface area contributed by atoms with E-state index in [9.17, 15) is 0 Å². The summed E-state index contributed by atoms with van der Waals surface area (Å²) in [6, 6.07) is 0. The Labute approximate surface area is 143 Å². The van der Waals surface area contributed by atoms with Crippen LogP contribution < -0.4 is 0 Å². The van der Waals surface area contributed by atoms with Gasteiger partial charge in [0.05, 0.1) is 12.9 Å². The highest BCUT2D eigenvalue weighted by molar-refractivity contribution is 5.09. The SMILES string of the molecule is CCCCCCCCCC/C=C/C=C/C=C/OC1CCCCO1. The van der Waals surface area contributed by atoms with Crippen LogP contribution in [0, 0.1) is 0 Å². The summed E-state index contributed by atoms with van der Waals surface area (Å²) in [5, 5.41) is 0. The first-order valence-corrected chi connectivity index (χ1v) is 9.69. The molecule has 23 heavy (non-hydrogen) atoms. The fourth-order valence-electron chi connectivity index (χ4n) is 2.70. The molecule has 1 aliphatic rings. The minimum absolute atomic E-state index is 0.0362. The summed E-state index contributed by atoms with van der Waals surface area (Å²) in [6.07, 6.45) is 27.7. The Bertz CT molecular complexity index is 325. The maximum absolute atomic E-state index is 5.51. The van der Waals surface area contributed by atoms with Gasteiger partial charge in [-0.05, 0) is 31.8 Å². The van der Waals surface area contributed by atoms with Gasteiger partial charge in [0.1, 0.15) is 0 Å². The summed E-state index contributed by atoms with van der Waals surface area (Å²) in [6.45, 7) is 3.10. The number of ether oxygens (including phenoxy) is 2. The van der Waals surface area contributed by atoms with Crippen molar-refractivity contribution in [3.63, 3.8) is 0 Å². The van der Waals surface area contributed by atoms with Gasteiger partial charge < -0.3 is 9.47 Å². The smallest absolute Gasteiger partial charge is 0.198 e. The molecule has 2 heteroatoms. The van der Waals surface area contributed by atoms with E-state index < -0.39 is 0 Å². The first-order valence-electron chi connectivity index (χ1n) is 9.69. The number of allylic oxidation sites excluding steroid dienone is 5. The average Bonchev–Trinajstić information content (AvgIpc) is 2.59. The van der Waals surface area contributed by atoms with Crippen molar-refractivity contribution in [2.24, 2.45) is 0 Å². The highest BCUT2D eigenvalue weighted by Crippen LogP contribution is 2.13. The molecule has 0 bridgehead atoms. The highest BCUT2D eigenvalue weighted by atomic mass is 16.7. The van der Waals surface area contributed by atoms with Crippen molar-refractivity contribution in [1.29, 1.82) is 0 Å². The van der Waals surface area contributed by atoms with Crippen molar-refractivity contribution in [2.45, 2.75) is 90.3 Å². The van der Waals surface area contributed by atoms with E-state index in [-0.39, 0.29) is 6.29 Å². The van der Waals surface area contributed by atoms with Crippen molar-refractivity contribution in [1.82, 2.24) is 0 Å². The maximum Gasteiger partial charge on any atom is 0.198 e. The topological polar surface area (TPSA) is 18.5 Å². The van der Waals surface area contributed by atoms with Gasteiger partial charge in [-0.25, -0.2) is 0 Å². The van der Waals surface area contributed by atoms with Crippen LogP contribution in [0.5, 0.6) is 0 Å². The molecule has 0 radical (unpaired) electrons. The van der Waals surface area contributed by atoms with Gasteiger partial charge >= 0.3 is 0 Å². The molecule has 0 N–H and O–H groups in total. The van der Waals surface area contributed by atoms with Crippen molar-refractivity contribution >= 4 is 0 Å². The van der Waals surface area contributed by atoms with Crippen LogP contribution in [0.3, 0.4) is 0 Å². The normalized spacial score (nSPS) is 19.3. The van der Waals surface area contributed by atoms with E-state index in [1.165, 1.54) is 64.2 Å². The molecule has 0 aromatic heterocycles. The third-order valence-corrected chi connectivity index (χ3v) is 4.14. The quantitative estimate of drug-likeness (QED) is 0.214. The number of unbranched alkanes of at least 4 members (excludes halogenated alkanes) is 8. The molecule has 1 atom stereocenters. The Kier molecular flexibility index (Phi) is 13.8. The first kappa shape index (κ1) is 20.0. The molecule has 0 aromatic carbocycles. The fraction of sp³-hybridized carbons (Fsp3) is 0.714. The molecule has 2 nitrogen and oxygen atoms in total. The van der Waals surface area contributed by atoms with E-state index in [1.807, 2.05) is 12.2 Å². The molecule has 1 unspecified atom stereocenters. The summed E-state index contributed by atoms with van der Waals surface area (Å²) in [5.74, 6) is 0. The van der Waals surface area contributed by atoms with E-state index in [2.05, 4.69) is 25.2 Å². The predicted molar refractivity (Wildman–Crippen MR) is 99.3 cm³/mol. The molecular formula is C21H36O2. The Morgan fingerprint density at radius 3 is 2.35 bits per heavy atom. The number of hydrogen-bond donors (Lipinski definition) is 0. The lowest BCUT2D eigenvalue weighted by Crippen LogP contribution is -2.19. The van der Waals surface area contributed by atoms with Crippen molar-refractivity contribution in [2.75, 3.05) is 6.61 Å². The average molecular weight is 321 g/mol. The van der Waals surface area contributed by atoms with Gasteiger partial charge in [0, 0.05) is 6.42 Å². The molecule has 1 aliphatic heterocycles. The van der Waals surface area contributed by atoms with Crippen LogP contribution in [-0.4, -0.2) is 12.9 Å². The van der Waals surface area contributed by atoms with E-state index >= 15 is 0 Å².